The zero-order valence-corrected chi connectivity index (χ0v) is 24.3. The van der Waals surface area contributed by atoms with Gasteiger partial charge in [-0.2, -0.15) is 0 Å². The lowest BCUT2D eigenvalue weighted by Crippen LogP contribution is -2.51. The number of rotatable bonds is 12. The predicted octanol–water partition coefficient (Wildman–Crippen LogP) is 5.21. The van der Waals surface area contributed by atoms with Crippen molar-refractivity contribution in [3.8, 4) is 11.5 Å². The predicted molar refractivity (Wildman–Crippen MR) is 155 cm³/mol. The van der Waals surface area contributed by atoms with Crippen LogP contribution in [0, 0.1) is 0 Å². The zero-order chi connectivity index (χ0) is 28.7. The van der Waals surface area contributed by atoms with Crippen LogP contribution in [0.2, 0.25) is 0 Å². The van der Waals surface area contributed by atoms with Crippen molar-refractivity contribution in [1.29, 1.82) is 0 Å². The maximum absolute atomic E-state index is 14.1. The molecule has 0 aliphatic heterocycles. The van der Waals surface area contributed by atoms with E-state index in [1.165, 1.54) is 12.0 Å². The third-order valence-corrected chi connectivity index (χ3v) is 7.71. The third-order valence-electron chi connectivity index (χ3n) is 7.71. The summed E-state index contributed by atoms with van der Waals surface area (Å²) >= 11 is 0. The van der Waals surface area contributed by atoms with Crippen molar-refractivity contribution in [3.63, 3.8) is 0 Å². The van der Waals surface area contributed by atoms with Crippen molar-refractivity contribution in [2.45, 2.75) is 77.4 Å². The largest absolute Gasteiger partial charge is 0.493 e. The van der Waals surface area contributed by atoms with Gasteiger partial charge in [-0.25, -0.2) is 4.68 Å². The average molecular weight is 548 g/mol. The number of aromatic nitrogens is 3. The first-order valence-electron chi connectivity index (χ1n) is 14.1. The molecule has 1 heterocycles. The second-order valence-corrected chi connectivity index (χ2v) is 10.9. The smallest absolute Gasteiger partial charge is 0.247 e. The molecule has 0 radical (unpaired) electrons. The Kier molecular flexibility index (Phi) is 9.45. The van der Waals surface area contributed by atoms with Gasteiger partial charge in [-0.1, -0.05) is 42.0 Å². The van der Waals surface area contributed by atoms with Crippen molar-refractivity contribution < 1.29 is 19.1 Å². The summed E-state index contributed by atoms with van der Waals surface area (Å²) in [6.45, 7) is 6.36. The number of carbonyl (C=O) groups excluding carboxylic acids is 2. The van der Waals surface area contributed by atoms with E-state index in [4.69, 9.17) is 9.47 Å². The normalized spacial score (nSPS) is 14.4. The summed E-state index contributed by atoms with van der Waals surface area (Å²) in [4.78, 5) is 29.9. The Morgan fingerprint density at radius 2 is 1.88 bits per heavy atom. The topological polar surface area (TPSA) is 98.6 Å². The molecule has 214 valence electrons. The molecule has 2 aromatic carbocycles. The Morgan fingerprint density at radius 1 is 1.10 bits per heavy atom. The highest BCUT2D eigenvalue weighted by atomic mass is 16.5. The van der Waals surface area contributed by atoms with Crippen LogP contribution in [0.3, 0.4) is 0 Å². The summed E-state index contributed by atoms with van der Waals surface area (Å²) < 4.78 is 12.6. The molecule has 3 aromatic rings. The van der Waals surface area contributed by atoms with Gasteiger partial charge in [-0.3, -0.25) is 9.59 Å². The van der Waals surface area contributed by atoms with E-state index in [-0.39, 0.29) is 18.4 Å². The molecule has 0 saturated carbocycles. The van der Waals surface area contributed by atoms with Crippen LogP contribution < -0.4 is 14.8 Å². The molecule has 1 aliphatic rings. The van der Waals surface area contributed by atoms with E-state index in [1.807, 2.05) is 51.1 Å². The van der Waals surface area contributed by atoms with E-state index >= 15 is 0 Å². The van der Waals surface area contributed by atoms with Gasteiger partial charge in [0.1, 0.15) is 18.1 Å². The Morgan fingerprint density at radius 3 is 2.58 bits per heavy atom. The zero-order valence-electron chi connectivity index (χ0n) is 24.3. The molecule has 1 N–H and O–H groups in total. The number of hydrogen-bond donors (Lipinski definition) is 1. The SMILES string of the molecule is CCC(C)(C)NC(=O)C(c1ccc(OC)c(OC)c1)N(CCC1=CCCCC1)C(=O)Cn1nnc2ccccc21. The lowest BCUT2D eigenvalue weighted by atomic mass is 9.95. The number of nitrogens with zero attached hydrogens (tertiary/aromatic N) is 4. The average Bonchev–Trinajstić information content (AvgIpc) is 3.37. The Hall–Kier alpha value is -3.88. The Bertz CT molecular complexity index is 1360. The molecule has 4 rings (SSSR count). The van der Waals surface area contributed by atoms with Gasteiger partial charge in [0.25, 0.3) is 0 Å². The molecule has 1 atom stereocenters. The summed E-state index contributed by atoms with van der Waals surface area (Å²) in [7, 11) is 3.13. The number of allylic oxidation sites excluding steroid dienone is 1. The van der Waals surface area contributed by atoms with Crippen LogP contribution in [0.15, 0.2) is 54.1 Å². The fourth-order valence-electron chi connectivity index (χ4n) is 5.03. The second-order valence-electron chi connectivity index (χ2n) is 10.9. The Balaban J connectivity index is 1.75. The molecule has 0 fully saturated rings. The van der Waals surface area contributed by atoms with Gasteiger partial charge in [0.05, 0.1) is 19.7 Å². The van der Waals surface area contributed by atoms with Gasteiger partial charge in [0.2, 0.25) is 11.8 Å². The maximum atomic E-state index is 14.1. The summed E-state index contributed by atoms with van der Waals surface area (Å²) in [5.74, 6) is 0.598. The Labute approximate surface area is 236 Å². The van der Waals surface area contributed by atoms with Crippen molar-refractivity contribution in [1.82, 2.24) is 25.2 Å². The molecule has 9 heteroatoms. The molecule has 1 unspecified atom stereocenters. The minimum atomic E-state index is -0.878. The van der Waals surface area contributed by atoms with Crippen LogP contribution in [-0.4, -0.2) is 58.0 Å². The minimum absolute atomic E-state index is 0.0339. The molecule has 0 saturated heterocycles. The quantitative estimate of drug-likeness (QED) is 0.313. The van der Waals surface area contributed by atoms with Crippen molar-refractivity contribution >= 4 is 22.8 Å². The molecule has 9 nitrogen and oxygen atoms in total. The first kappa shape index (κ1) is 29.1. The van der Waals surface area contributed by atoms with Crippen molar-refractivity contribution in [2.75, 3.05) is 20.8 Å². The number of ether oxygens (including phenoxy) is 2. The molecule has 0 spiro atoms. The number of benzene rings is 2. The van der Waals surface area contributed by atoms with E-state index in [2.05, 4.69) is 21.7 Å². The van der Waals surface area contributed by atoms with Crippen LogP contribution >= 0.6 is 0 Å². The second kappa shape index (κ2) is 13.0. The van der Waals surface area contributed by atoms with E-state index in [0.717, 1.165) is 31.2 Å². The number of methoxy groups -OCH3 is 2. The van der Waals surface area contributed by atoms with E-state index < -0.39 is 11.6 Å². The standard InChI is InChI=1S/C31H41N5O4/c1-6-31(2,3)32-30(38)29(23-16-17-26(39-4)27(20-23)40-5)35(19-18-22-12-8-7-9-13-22)28(37)21-36-25-15-11-10-14-24(25)33-34-36/h10-12,14-17,20,29H,6-9,13,18-19,21H2,1-5H3,(H,32,38). The van der Waals surface area contributed by atoms with Gasteiger partial charge >= 0.3 is 0 Å². The number of hydrogen-bond acceptors (Lipinski definition) is 6. The molecular weight excluding hydrogens is 506 g/mol. The molecule has 2 amide bonds. The fourth-order valence-corrected chi connectivity index (χ4v) is 5.03. The van der Waals surface area contributed by atoms with Crippen LogP contribution in [0.1, 0.15) is 70.9 Å². The highest BCUT2D eigenvalue weighted by molar-refractivity contribution is 5.89. The molecule has 1 aliphatic carbocycles. The first-order chi connectivity index (χ1) is 19.3. The van der Waals surface area contributed by atoms with Gasteiger partial charge in [-0.15, -0.1) is 5.10 Å². The van der Waals surface area contributed by atoms with Crippen molar-refractivity contribution in [2.24, 2.45) is 0 Å². The number of amides is 2. The lowest BCUT2D eigenvalue weighted by Gasteiger charge is -2.35. The fraction of sp³-hybridized carbons (Fsp3) is 0.484. The molecule has 1 aromatic heterocycles. The monoisotopic (exact) mass is 547 g/mol. The van der Waals surface area contributed by atoms with E-state index in [9.17, 15) is 9.59 Å². The van der Waals surface area contributed by atoms with E-state index in [1.54, 1.807) is 35.9 Å². The van der Waals surface area contributed by atoms with Crippen LogP contribution in [0.25, 0.3) is 11.0 Å². The number of nitrogens with one attached hydrogen (secondary N) is 1. The molecular formula is C31H41N5O4. The van der Waals surface area contributed by atoms with Crippen LogP contribution in [-0.2, 0) is 16.1 Å². The summed E-state index contributed by atoms with van der Waals surface area (Å²) in [5.41, 5.74) is 3.01. The van der Waals surface area contributed by atoms with Gasteiger partial charge < -0.3 is 19.7 Å². The van der Waals surface area contributed by atoms with Crippen LogP contribution in [0.5, 0.6) is 11.5 Å². The number of fused-ring (bicyclic) bond motifs is 1. The highest BCUT2D eigenvalue weighted by Crippen LogP contribution is 2.33. The van der Waals surface area contributed by atoms with E-state index in [0.29, 0.717) is 35.5 Å². The minimum Gasteiger partial charge on any atom is -0.493 e. The summed E-state index contributed by atoms with van der Waals surface area (Å²) in [6.07, 6.45) is 8.14. The maximum Gasteiger partial charge on any atom is 0.247 e. The van der Waals surface area contributed by atoms with Gasteiger partial charge in [0, 0.05) is 12.1 Å². The van der Waals surface area contributed by atoms with Crippen LogP contribution in [0.4, 0.5) is 0 Å². The molecule has 40 heavy (non-hydrogen) atoms. The van der Waals surface area contributed by atoms with Crippen molar-refractivity contribution in [3.05, 3.63) is 59.7 Å². The van der Waals surface area contributed by atoms with Gasteiger partial charge in [-0.05, 0) is 82.2 Å². The summed E-state index contributed by atoms with van der Waals surface area (Å²) in [5, 5.41) is 11.6. The summed E-state index contributed by atoms with van der Waals surface area (Å²) in [6, 6.07) is 12.1. The number of carbonyl (C=O) groups is 2. The lowest BCUT2D eigenvalue weighted by molar-refractivity contribution is -0.142. The highest BCUT2D eigenvalue weighted by Gasteiger charge is 2.35. The molecule has 0 bridgehead atoms. The first-order valence-corrected chi connectivity index (χ1v) is 14.1. The third kappa shape index (κ3) is 6.81. The van der Waals surface area contributed by atoms with Gasteiger partial charge in [0.15, 0.2) is 11.5 Å². The number of para-hydroxylation sites is 1.